The third-order valence-corrected chi connectivity index (χ3v) is 4.68. The molecule has 0 bridgehead atoms. The first-order chi connectivity index (χ1) is 10.7. The molecular formula is C15H23ClN4O3. The van der Waals surface area contributed by atoms with Gasteiger partial charge in [-0.1, -0.05) is 0 Å². The molecule has 2 saturated heterocycles. The second-order valence-electron chi connectivity index (χ2n) is 5.82. The zero-order valence-corrected chi connectivity index (χ0v) is 14.3. The van der Waals surface area contributed by atoms with E-state index in [4.69, 9.17) is 9.47 Å². The van der Waals surface area contributed by atoms with Gasteiger partial charge in [0.1, 0.15) is 6.33 Å². The van der Waals surface area contributed by atoms with Gasteiger partial charge in [0.15, 0.2) is 5.56 Å². The third-order valence-electron chi connectivity index (χ3n) is 4.68. The molecule has 8 heteroatoms. The van der Waals surface area contributed by atoms with E-state index in [1.54, 1.807) is 0 Å². The second kappa shape index (κ2) is 7.79. The molecule has 2 atom stereocenters. The van der Waals surface area contributed by atoms with E-state index < -0.39 is 0 Å². The van der Waals surface area contributed by atoms with Gasteiger partial charge in [0.2, 0.25) is 11.8 Å². The van der Waals surface area contributed by atoms with E-state index in [-0.39, 0.29) is 30.1 Å². The number of amides is 1. The monoisotopic (exact) mass is 342 g/mol. The van der Waals surface area contributed by atoms with Crippen molar-refractivity contribution in [2.24, 2.45) is 11.8 Å². The summed E-state index contributed by atoms with van der Waals surface area (Å²) in [5.74, 6) is 1.77. The summed E-state index contributed by atoms with van der Waals surface area (Å²) in [7, 11) is 2.99. The van der Waals surface area contributed by atoms with Gasteiger partial charge in [-0.05, 0) is 37.8 Å². The van der Waals surface area contributed by atoms with E-state index in [1.165, 1.54) is 20.5 Å². The van der Waals surface area contributed by atoms with Crippen LogP contribution >= 0.6 is 12.4 Å². The molecular weight excluding hydrogens is 320 g/mol. The fraction of sp³-hybridized carbons (Fsp3) is 0.667. The molecule has 128 valence electrons. The smallest absolute Gasteiger partial charge is 0.264 e. The predicted octanol–water partition coefficient (Wildman–Crippen LogP) is 0.987. The largest absolute Gasteiger partial charge is 0.480 e. The molecule has 7 nitrogen and oxygen atoms in total. The molecule has 0 aliphatic carbocycles. The Morgan fingerprint density at radius 1 is 1.13 bits per heavy atom. The van der Waals surface area contributed by atoms with Crippen molar-refractivity contribution >= 4 is 18.3 Å². The number of rotatable bonds is 3. The maximum absolute atomic E-state index is 12.9. The average Bonchev–Trinajstić information content (AvgIpc) is 2.91. The Morgan fingerprint density at radius 3 is 2.13 bits per heavy atom. The number of nitrogens with zero attached hydrogens (tertiary/aromatic N) is 3. The number of fused-ring (bicyclic) bond motifs is 1. The topological polar surface area (TPSA) is 76.6 Å². The Bertz CT molecular complexity index is 521. The van der Waals surface area contributed by atoms with Gasteiger partial charge in [-0.15, -0.1) is 12.4 Å². The maximum Gasteiger partial charge on any atom is 0.264 e. The quantitative estimate of drug-likeness (QED) is 0.882. The average molecular weight is 343 g/mol. The molecule has 0 aromatic carbocycles. The van der Waals surface area contributed by atoms with E-state index in [2.05, 4.69) is 15.3 Å². The van der Waals surface area contributed by atoms with Crippen molar-refractivity contribution in [3.63, 3.8) is 0 Å². The summed E-state index contributed by atoms with van der Waals surface area (Å²) in [5, 5.41) is 3.44. The Hall–Kier alpha value is -1.60. The lowest BCUT2D eigenvalue weighted by Crippen LogP contribution is -2.33. The lowest BCUT2D eigenvalue weighted by atomic mass is 9.92. The van der Waals surface area contributed by atoms with Crippen LogP contribution in [0.3, 0.4) is 0 Å². The number of hydrogen-bond donors (Lipinski definition) is 1. The van der Waals surface area contributed by atoms with Gasteiger partial charge >= 0.3 is 0 Å². The number of likely N-dealkylation sites (tertiary alicyclic amines) is 1. The number of hydrogen-bond acceptors (Lipinski definition) is 6. The van der Waals surface area contributed by atoms with E-state index >= 15 is 0 Å². The number of nitrogens with one attached hydrogen (secondary N) is 1. The Kier molecular flexibility index (Phi) is 6.01. The summed E-state index contributed by atoms with van der Waals surface area (Å²) in [4.78, 5) is 22.8. The SMILES string of the molecule is COc1ncnc(OC)c1C(=O)N1CC[C@@H]2CNC[C@@H]2CC1.Cl. The summed E-state index contributed by atoms with van der Waals surface area (Å²) in [6, 6.07) is 0. The number of halogens is 1. The number of ether oxygens (including phenoxy) is 2. The standard InChI is InChI=1S/C15H22N4O3.ClH/c1-21-13-12(14(22-2)18-9-17-13)15(20)19-5-3-10-7-16-8-11(10)4-6-19;/h9-11,16H,3-8H2,1-2H3;1H/t10-,11+;. The van der Waals surface area contributed by atoms with Crippen molar-refractivity contribution in [2.45, 2.75) is 12.8 Å². The van der Waals surface area contributed by atoms with E-state index in [0.717, 1.165) is 39.0 Å². The van der Waals surface area contributed by atoms with Gasteiger partial charge in [-0.2, -0.15) is 0 Å². The lowest BCUT2D eigenvalue weighted by Gasteiger charge is -2.22. The molecule has 1 amide bonds. The van der Waals surface area contributed by atoms with E-state index in [0.29, 0.717) is 17.4 Å². The summed E-state index contributed by atoms with van der Waals surface area (Å²) in [6.07, 6.45) is 3.40. The minimum absolute atomic E-state index is 0. The first kappa shape index (κ1) is 17.7. The van der Waals surface area contributed by atoms with Gasteiger partial charge in [0.05, 0.1) is 14.2 Å². The van der Waals surface area contributed by atoms with Crippen LogP contribution in [0.5, 0.6) is 11.8 Å². The maximum atomic E-state index is 12.9. The molecule has 1 aromatic rings. The van der Waals surface area contributed by atoms with Crippen LogP contribution in [0.1, 0.15) is 23.2 Å². The van der Waals surface area contributed by atoms with Crippen LogP contribution < -0.4 is 14.8 Å². The normalized spacial score (nSPS) is 23.5. The highest BCUT2D eigenvalue weighted by Gasteiger charge is 2.33. The molecule has 23 heavy (non-hydrogen) atoms. The van der Waals surface area contributed by atoms with Crippen molar-refractivity contribution in [3.8, 4) is 11.8 Å². The summed E-state index contributed by atoms with van der Waals surface area (Å²) in [5.41, 5.74) is 0.317. The highest BCUT2D eigenvalue weighted by Crippen LogP contribution is 2.30. The summed E-state index contributed by atoms with van der Waals surface area (Å²) in [6.45, 7) is 3.63. The molecule has 2 aliphatic rings. The minimum atomic E-state index is -0.109. The van der Waals surface area contributed by atoms with Gasteiger partial charge in [0, 0.05) is 13.1 Å². The molecule has 3 heterocycles. The number of aromatic nitrogens is 2. The predicted molar refractivity (Wildman–Crippen MR) is 87.4 cm³/mol. The molecule has 0 radical (unpaired) electrons. The highest BCUT2D eigenvalue weighted by molar-refractivity contribution is 5.98. The lowest BCUT2D eigenvalue weighted by molar-refractivity contribution is 0.0749. The van der Waals surface area contributed by atoms with Crippen LogP contribution in [0.2, 0.25) is 0 Å². The summed E-state index contributed by atoms with van der Waals surface area (Å²) >= 11 is 0. The molecule has 1 N–H and O–H groups in total. The number of carbonyl (C=O) groups excluding carboxylic acids is 1. The Balaban J connectivity index is 0.00000192. The van der Waals surface area contributed by atoms with Crippen LogP contribution in [0.15, 0.2) is 6.33 Å². The summed E-state index contributed by atoms with van der Waals surface area (Å²) < 4.78 is 10.4. The van der Waals surface area contributed by atoms with Crippen LogP contribution in [-0.4, -0.2) is 61.2 Å². The second-order valence-corrected chi connectivity index (χ2v) is 5.82. The zero-order valence-electron chi connectivity index (χ0n) is 13.4. The molecule has 0 unspecified atom stereocenters. The minimum Gasteiger partial charge on any atom is -0.480 e. The van der Waals surface area contributed by atoms with Crippen molar-refractivity contribution in [2.75, 3.05) is 40.4 Å². The van der Waals surface area contributed by atoms with E-state index in [9.17, 15) is 4.79 Å². The van der Waals surface area contributed by atoms with Gasteiger partial charge in [-0.3, -0.25) is 4.79 Å². The van der Waals surface area contributed by atoms with Crippen LogP contribution in [0, 0.1) is 11.8 Å². The molecule has 0 spiro atoms. The number of carbonyl (C=O) groups is 1. The zero-order chi connectivity index (χ0) is 15.5. The molecule has 2 fully saturated rings. The van der Waals surface area contributed by atoms with Crippen molar-refractivity contribution in [3.05, 3.63) is 11.9 Å². The van der Waals surface area contributed by atoms with Gasteiger partial charge < -0.3 is 19.7 Å². The fourth-order valence-corrected chi connectivity index (χ4v) is 3.43. The molecule has 1 aromatic heterocycles. The molecule has 3 rings (SSSR count). The third kappa shape index (κ3) is 3.50. The van der Waals surface area contributed by atoms with Crippen LogP contribution in [0.25, 0.3) is 0 Å². The first-order valence-electron chi connectivity index (χ1n) is 7.67. The van der Waals surface area contributed by atoms with Crippen LogP contribution in [-0.2, 0) is 0 Å². The van der Waals surface area contributed by atoms with Crippen molar-refractivity contribution in [1.82, 2.24) is 20.2 Å². The Morgan fingerprint density at radius 2 is 1.65 bits per heavy atom. The highest BCUT2D eigenvalue weighted by atomic mass is 35.5. The van der Waals surface area contributed by atoms with Gasteiger partial charge in [0.25, 0.3) is 5.91 Å². The Labute approximate surface area is 142 Å². The van der Waals surface area contributed by atoms with Crippen LogP contribution in [0.4, 0.5) is 0 Å². The number of methoxy groups -OCH3 is 2. The van der Waals surface area contributed by atoms with Gasteiger partial charge in [-0.25, -0.2) is 9.97 Å². The molecule has 2 aliphatic heterocycles. The van der Waals surface area contributed by atoms with E-state index in [1.807, 2.05) is 4.90 Å². The van der Waals surface area contributed by atoms with Crippen molar-refractivity contribution in [1.29, 1.82) is 0 Å². The first-order valence-corrected chi connectivity index (χ1v) is 7.67. The molecule has 0 saturated carbocycles. The van der Waals surface area contributed by atoms with Crippen molar-refractivity contribution < 1.29 is 14.3 Å². The fourth-order valence-electron chi connectivity index (χ4n) is 3.43.